The lowest BCUT2D eigenvalue weighted by Gasteiger charge is -2.29. The Hall–Kier alpha value is 0.397. The van der Waals surface area contributed by atoms with Gasteiger partial charge in [-0.15, -0.1) is 30.1 Å². The minimum Gasteiger partial charge on any atom is -0.143 e. The van der Waals surface area contributed by atoms with Gasteiger partial charge in [-0.05, 0) is 17.5 Å². The molecule has 0 nitrogen and oxygen atoms in total. The van der Waals surface area contributed by atoms with Gasteiger partial charge in [0.2, 0.25) is 0 Å². The summed E-state index contributed by atoms with van der Waals surface area (Å²) in [5.41, 5.74) is 0. The number of hydrogen-bond acceptors (Lipinski definition) is 2. The van der Waals surface area contributed by atoms with E-state index in [1.165, 1.54) is 11.8 Å². The predicted molar refractivity (Wildman–Crippen MR) is 70.1 cm³/mol. The van der Waals surface area contributed by atoms with Crippen molar-refractivity contribution in [1.29, 1.82) is 0 Å². The molecule has 0 bridgehead atoms. The van der Waals surface area contributed by atoms with Gasteiger partial charge in [-0.2, -0.15) is 0 Å². The van der Waals surface area contributed by atoms with Gasteiger partial charge in [-0.1, -0.05) is 25.2 Å². The second-order valence-electron chi connectivity index (χ2n) is 3.96. The molecular formula is C10H18S2Si. The molecule has 0 aliphatic carbocycles. The van der Waals surface area contributed by atoms with Crippen LogP contribution in [0.1, 0.15) is 6.92 Å². The van der Waals surface area contributed by atoms with Crippen molar-refractivity contribution in [2.75, 3.05) is 5.75 Å². The summed E-state index contributed by atoms with van der Waals surface area (Å²) in [5, 5.41) is 0. The molecule has 1 aliphatic heterocycles. The Bertz CT molecular complexity index is 221. The summed E-state index contributed by atoms with van der Waals surface area (Å²) in [6, 6.07) is 1.21. The lowest BCUT2D eigenvalue weighted by Crippen LogP contribution is -2.28. The fourth-order valence-corrected chi connectivity index (χ4v) is 7.45. The molecule has 0 saturated heterocycles. The summed E-state index contributed by atoms with van der Waals surface area (Å²) < 4.78 is 2.43. The molecule has 1 rings (SSSR count). The van der Waals surface area contributed by atoms with E-state index in [9.17, 15) is 0 Å². The van der Waals surface area contributed by atoms with Crippen LogP contribution in [0.4, 0.5) is 0 Å². The highest BCUT2D eigenvalue weighted by Crippen LogP contribution is 2.40. The van der Waals surface area contributed by atoms with Gasteiger partial charge in [-0.3, -0.25) is 0 Å². The minimum atomic E-state index is -1.15. The first-order valence-corrected chi connectivity index (χ1v) is 9.79. The normalized spacial score (nSPS) is 23.9. The quantitative estimate of drug-likeness (QED) is 0.528. The molecule has 0 radical (unpaired) electrons. The van der Waals surface area contributed by atoms with Crippen LogP contribution >= 0.6 is 23.5 Å². The maximum absolute atomic E-state index is 3.85. The van der Waals surface area contributed by atoms with Crippen molar-refractivity contribution >= 4 is 31.6 Å². The van der Waals surface area contributed by atoms with Gasteiger partial charge in [0.1, 0.15) is 0 Å². The van der Waals surface area contributed by atoms with Gasteiger partial charge in [0.05, 0.1) is 12.7 Å². The first-order valence-electron chi connectivity index (χ1n) is 4.66. The SMILES string of the molecule is C=CC[Si](C)(C)C1=CCSC(C)S1. The third-order valence-electron chi connectivity index (χ3n) is 2.21. The molecule has 0 N–H and O–H groups in total. The van der Waals surface area contributed by atoms with Crippen LogP contribution in [-0.4, -0.2) is 18.4 Å². The van der Waals surface area contributed by atoms with Crippen LogP contribution in [0.2, 0.25) is 19.1 Å². The van der Waals surface area contributed by atoms with E-state index in [4.69, 9.17) is 0 Å². The van der Waals surface area contributed by atoms with Crippen molar-refractivity contribution in [2.24, 2.45) is 0 Å². The summed E-state index contributed by atoms with van der Waals surface area (Å²) in [4.78, 5) is 0. The standard InChI is InChI=1S/C10H18S2Si/c1-5-8-13(3,4)10-6-7-11-9(2)12-10/h5-6,9H,1,7-8H2,2-4H3. The van der Waals surface area contributed by atoms with Crippen LogP contribution in [0.3, 0.4) is 0 Å². The van der Waals surface area contributed by atoms with E-state index in [0.29, 0.717) is 0 Å². The molecule has 1 atom stereocenters. The van der Waals surface area contributed by atoms with Crippen molar-refractivity contribution < 1.29 is 0 Å². The maximum atomic E-state index is 3.85. The molecule has 13 heavy (non-hydrogen) atoms. The van der Waals surface area contributed by atoms with Crippen molar-refractivity contribution in [2.45, 2.75) is 30.6 Å². The molecule has 0 aromatic rings. The summed E-state index contributed by atoms with van der Waals surface area (Å²) in [6.07, 6.45) is 4.52. The van der Waals surface area contributed by atoms with Crippen LogP contribution < -0.4 is 0 Å². The van der Waals surface area contributed by atoms with Gasteiger partial charge in [-0.25, -0.2) is 0 Å². The first-order chi connectivity index (χ1) is 6.06. The smallest absolute Gasteiger partial charge is 0.0921 e. The fourth-order valence-electron chi connectivity index (χ4n) is 1.42. The van der Waals surface area contributed by atoms with E-state index in [1.54, 1.807) is 4.53 Å². The summed E-state index contributed by atoms with van der Waals surface area (Å²) in [6.45, 7) is 11.0. The molecule has 0 spiro atoms. The Morgan fingerprint density at radius 2 is 2.38 bits per heavy atom. The lowest BCUT2D eigenvalue weighted by atomic mass is 10.7. The Labute approximate surface area is 91.3 Å². The minimum absolute atomic E-state index is 0.747. The van der Waals surface area contributed by atoms with E-state index in [0.717, 1.165) is 4.58 Å². The van der Waals surface area contributed by atoms with Gasteiger partial charge < -0.3 is 0 Å². The van der Waals surface area contributed by atoms with E-state index in [2.05, 4.69) is 50.5 Å². The first kappa shape index (κ1) is 11.5. The number of hydrogen-bond donors (Lipinski definition) is 0. The maximum Gasteiger partial charge on any atom is 0.0921 e. The molecule has 1 aliphatic rings. The highest BCUT2D eigenvalue weighted by Gasteiger charge is 2.27. The van der Waals surface area contributed by atoms with Crippen molar-refractivity contribution in [3.63, 3.8) is 0 Å². The molecule has 0 aromatic carbocycles. The average Bonchev–Trinajstić information content (AvgIpc) is 2.04. The Morgan fingerprint density at radius 3 is 2.92 bits per heavy atom. The second-order valence-corrected chi connectivity index (χ2v) is 12.1. The van der Waals surface area contributed by atoms with Crippen LogP contribution in [-0.2, 0) is 0 Å². The van der Waals surface area contributed by atoms with Crippen LogP contribution in [0, 0.1) is 0 Å². The highest BCUT2D eigenvalue weighted by atomic mass is 32.2. The lowest BCUT2D eigenvalue weighted by molar-refractivity contribution is 1.40. The van der Waals surface area contributed by atoms with Crippen molar-refractivity contribution in [1.82, 2.24) is 0 Å². The Morgan fingerprint density at radius 1 is 1.69 bits per heavy atom. The van der Waals surface area contributed by atoms with Crippen molar-refractivity contribution in [3.05, 3.63) is 23.3 Å². The third kappa shape index (κ3) is 3.22. The Kier molecular flexibility index (Phi) is 4.20. The number of allylic oxidation sites excluding steroid dienone is 1. The zero-order chi connectivity index (χ0) is 9.90. The molecule has 1 heterocycles. The Balaban J connectivity index is 2.69. The van der Waals surface area contributed by atoms with Gasteiger partial charge >= 0.3 is 0 Å². The van der Waals surface area contributed by atoms with Gasteiger partial charge in [0.15, 0.2) is 0 Å². The largest absolute Gasteiger partial charge is 0.143 e. The number of rotatable bonds is 3. The zero-order valence-electron chi connectivity index (χ0n) is 8.67. The van der Waals surface area contributed by atoms with Crippen LogP contribution in [0.5, 0.6) is 0 Å². The molecular weight excluding hydrogens is 212 g/mol. The van der Waals surface area contributed by atoms with Crippen LogP contribution in [0.25, 0.3) is 0 Å². The molecule has 0 aromatic heterocycles. The van der Waals surface area contributed by atoms with Crippen LogP contribution in [0.15, 0.2) is 23.3 Å². The summed E-state index contributed by atoms with van der Waals surface area (Å²) in [7, 11) is -1.15. The monoisotopic (exact) mass is 230 g/mol. The van der Waals surface area contributed by atoms with Gasteiger partial charge in [0, 0.05) is 5.75 Å². The highest BCUT2D eigenvalue weighted by molar-refractivity contribution is 8.20. The molecule has 0 fully saturated rings. The van der Waals surface area contributed by atoms with E-state index < -0.39 is 8.07 Å². The van der Waals surface area contributed by atoms with Gasteiger partial charge in [0.25, 0.3) is 0 Å². The predicted octanol–water partition coefficient (Wildman–Crippen LogP) is 4.13. The molecule has 3 heteroatoms. The van der Waals surface area contributed by atoms with E-state index in [-0.39, 0.29) is 0 Å². The third-order valence-corrected chi connectivity index (χ3v) is 9.35. The molecule has 1 unspecified atom stereocenters. The second kappa shape index (κ2) is 4.76. The molecule has 0 amide bonds. The topological polar surface area (TPSA) is 0 Å². The zero-order valence-corrected chi connectivity index (χ0v) is 11.3. The molecule has 74 valence electrons. The average molecular weight is 230 g/mol. The van der Waals surface area contributed by atoms with E-state index in [1.807, 2.05) is 11.8 Å². The summed E-state index contributed by atoms with van der Waals surface area (Å²) >= 11 is 4.11. The molecule has 0 saturated carbocycles. The summed E-state index contributed by atoms with van der Waals surface area (Å²) in [5.74, 6) is 1.21. The number of thioether (sulfide) groups is 2. The van der Waals surface area contributed by atoms with E-state index >= 15 is 0 Å². The fraction of sp³-hybridized carbons (Fsp3) is 0.600. The van der Waals surface area contributed by atoms with Crippen molar-refractivity contribution in [3.8, 4) is 0 Å².